The Kier molecular flexibility index (Phi) is 6.84. The van der Waals surface area contributed by atoms with Crippen LogP contribution in [-0.4, -0.2) is 0 Å². The van der Waals surface area contributed by atoms with Crippen molar-refractivity contribution < 1.29 is 4.42 Å². The summed E-state index contributed by atoms with van der Waals surface area (Å²) in [5.41, 5.74) is 9.94. The van der Waals surface area contributed by atoms with E-state index in [9.17, 15) is 0 Å². The van der Waals surface area contributed by atoms with E-state index in [0.717, 1.165) is 39.4 Å². The lowest BCUT2D eigenvalue weighted by atomic mass is 9.97. The molecule has 0 aliphatic rings. The minimum atomic E-state index is 0.844. The Hall–Kier alpha value is -6.38. The largest absolute Gasteiger partial charge is 0.456 e. The molecule has 0 atom stereocenters. The van der Waals surface area contributed by atoms with Crippen LogP contribution < -0.4 is 4.90 Å². The molecule has 0 spiro atoms. The Morgan fingerprint density at radius 3 is 1.75 bits per heavy atom. The quantitative estimate of drug-likeness (QED) is 0.174. The fraction of sp³-hybridized carbons (Fsp3) is 0. The number of furan rings is 1. The highest BCUT2D eigenvalue weighted by atomic mass is 16.3. The van der Waals surface area contributed by atoms with Crippen LogP contribution >= 0.6 is 0 Å². The van der Waals surface area contributed by atoms with Gasteiger partial charge in [-0.15, -0.1) is 0 Å². The van der Waals surface area contributed by atoms with Crippen molar-refractivity contribution in [2.24, 2.45) is 0 Å². The number of hydrogen-bond acceptors (Lipinski definition) is 2. The number of rotatable bonds is 6. The zero-order valence-electron chi connectivity index (χ0n) is 26.3. The van der Waals surface area contributed by atoms with Gasteiger partial charge in [0.05, 0.1) is 11.4 Å². The Labute approximate surface area is 279 Å². The Bertz CT molecular complexity index is 2530. The SMILES string of the molecule is c1ccc(-c2cccc(-c3ccc(N(c4ccccc4-c4cc5ccccc5o4)c4cc5ccccc5c5ccccc45)cc3)c2)cc1. The summed E-state index contributed by atoms with van der Waals surface area (Å²) < 4.78 is 6.47. The molecule has 226 valence electrons. The summed E-state index contributed by atoms with van der Waals surface area (Å²) in [5.74, 6) is 0.844. The molecule has 1 aromatic heterocycles. The second kappa shape index (κ2) is 11.8. The highest BCUT2D eigenvalue weighted by Crippen LogP contribution is 2.46. The second-order valence-electron chi connectivity index (χ2n) is 12.2. The third-order valence-corrected chi connectivity index (χ3v) is 9.25. The fourth-order valence-corrected chi connectivity index (χ4v) is 6.93. The molecule has 0 fully saturated rings. The smallest absolute Gasteiger partial charge is 0.137 e. The van der Waals surface area contributed by atoms with Crippen molar-refractivity contribution in [3.8, 4) is 33.6 Å². The van der Waals surface area contributed by atoms with E-state index < -0.39 is 0 Å². The average molecular weight is 614 g/mol. The van der Waals surface area contributed by atoms with Gasteiger partial charge in [-0.2, -0.15) is 0 Å². The summed E-state index contributed by atoms with van der Waals surface area (Å²) in [6, 6.07) is 66.9. The molecule has 0 N–H and O–H groups in total. The van der Waals surface area contributed by atoms with Crippen molar-refractivity contribution in [3.05, 3.63) is 188 Å². The topological polar surface area (TPSA) is 16.4 Å². The van der Waals surface area contributed by atoms with E-state index in [-0.39, 0.29) is 0 Å². The number of para-hydroxylation sites is 2. The Morgan fingerprint density at radius 1 is 0.354 bits per heavy atom. The average Bonchev–Trinajstić information content (AvgIpc) is 3.60. The first-order valence-electron chi connectivity index (χ1n) is 16.3. The van der Waals surface area contributed by atoms with Gasteiger partial charge in [0.2, 0.25) is 0 Å². The summed E-state index contributed by atoms with van der Waals surface area (Å²) in [7, 11) is 0. The minimum Gasteiger partial charge on any atom is -0.456 e. The van der Waals surface area contributed by atoms with Gasteiger partial charge in [0, 0.05) is 22.0 Å². The molecule has 0 bridgehead atoms. The molecular formula is C46H31NO. The van der Waals surface area contributed by atoms with Gasteiger partial charge in [0.1, 0.15) is 11.3 Å². The number of fused-ring (bicyclic) bond motifs is 4. The summed E-state index contributed by atoms with van der Waals surface area (Å²) in [4.78, 5) is 2.39. The van der Waals surface area contributed by atoms with E-state index in [1.807, 2.05) is 12.1 Å². The predicted molar refractivity (Wildman–Crippen MR) is 202 cm³/mol. The normalized spacial score (nSPS) is 11.3. The third-order valence-electron chi connectivity index (χ3n) is 9.25. The van der Waals surface area contributed by atoms with Gasteiger partial charge >= 0.3 is 0 Å². The van der Waals surface area contributed by atoms with Gasteiger partial charge in [0.25, 0.3) is 0 Å². The lowest BCUT2D eigenvalue weighted by molar-refractivity contribution is 0.631. The van der Waals surface area contributed by atoms with Crippen molar-refractivity contribution in [3.63, 3.8) is 0 Å². The van der Waals surface area contributed by atoms with E-state index in [1.54, 1.807) is 0 Å². The molecule has 0 unspecified atom stereocenters. The number of benzene rings is 8. The summed E-state index contributed by atoms with van der Waals surface area (Å²) in [6.45, 7) is 0. The molecule has 0 radical (unpaired) electrons. The van der Waals surface area contributed by atoms with Gasteiger partial charge in [-0.25, -0.2) is 0 Å². The number of hydrogen-bond donors (Lipinski definition) is 0. The molecule has 2 heteroatoms. The van der Waals surface area contributed by atoms with Gasteiger partial charge < -0.3 is 9.32 Å². The predicted octanol–water partition coefficient (Wildman–Crippen LogP) is 13.2. The van der Waals surface area contributed by atoms with E-state index in [1.165, 1.54) is 43.8 Å². The maximum Gasteiger partial charge on any atom is 0.137 e. The van der Waals surface area contributed by atoms with Crippen molar-refractivity contribution in [1.82, 2.24) is 0 Å². The molecule has 0 aliphatic heterocycles. The first kappa shape index (κ1) is 27.9. The molecule has 0 aliphatic carbocycles. The molecule has 0 amide bonds. The molecule has 9 rings (SSSR count). The highest BCUT2D eigenvalue weighted by Gasteiger charge is 2.22. The van der Waals surface area contributed by atoms with Gasteiger partial charge in [-0.3, -0.25) is 0 Å². The van der Waals surface area contributed by atoms with Crippen LogP contribution in [0.2, 0.25) is 0 Å². The molecule has 8 aromatic carbocycles. The van der Waals surface area contributed by atoms with Crippen molar-refractivity contribution >= 4 is 49.6 Å². The standard InChI is InChI=1S/C46H31NO/c1-2-13-32(14-3-1)34-17-12-18-35(29-34)33-25-27-38(28-26-33)47(44-30-36-15-4-6-19-39(36)40-20-7-8-21-41(40)44)43-23-10-9-22-42(43)46-31-37-16-5-11-24-45(37)48-46/h1-31H. The summed E-state index contributed by atoms with van der Waals surface area (Å²) >= 11 is 0. The number of anilines is 3. The molecule has 1 heterocycles. The zero-order valence-corrected chi connectivity index (χ0v) is 26.3. The van der Waals surface area contributed by atoms with Gasteiger partial charge in [0.15, 0.2) is 0 Å². The van der Waals surface area contributed by atoms with E-state index in [4.69, 9.17) is 4.42 Å². The number of nitrogens with zero attached hydrogens (tertiary/aromatic N) is 1. The van der Waals surface area contributed by atoms with Crippen molar-refractivity contribution in [2.75, 3.05) is 4.90 Å². The Balaban J connectivity index is 1.24. The first-order chi connectivity index (χ1) is 23.8. The van der Waals surface area contributed by atoms with Crippen LogP contribution in [0.15, 0.2) is 192 Å². The van der Waals surface area contributed by atoms with E-state index in [2.05, 4.69) is 181 Å². The van der Waals surface area contributed by atoms with Gasteiger partial charge in [-0.05, 0) is 86.9 Å². The lowest BCUT2D eigenvalue weighted by Gasteiger charge is -2.29. The van der Waals surface area contributed by atoms with Crippen LogP contribution in [0.5, 0.6) is 0 Å². The minimum absolute atomic E-state index is 0.844. The maximum absolute atomic E-state index is 6.47. The van der Waals surface area contributed by atoms with Gasteiger partial charge in [-0.1, -0.05) is 140 Å². The molecule has 0 saturated heterocycles. The summed E-state index contributed by atoms with van der Waals surface area (Å²) in [5, 5.41) is 5.95. The van der Waals surface area contributed by atoms with Crippen LogP contribution in [0, 0.1) is 0 Å². The monoisotopic (exact) mass is 613 g/mol. The second-order valence-corrected chi connectivity index (χ2v) is 12.2. The van der Waals surface area contributed by atoms with Crippen LogP contribution in [0.1, 0.15) is 0 Å². The Morgan fingerprint density at radius 2 is 0.958 bits per heavy atom. The van der Waals surface area contributed by atoms with Crippen LogP contribution in [-0.2, 0) is 0 Å². The van der Waals surface area contributed by atoms with Crippen LogP contribution in [0.25, 0.3) is 66.1 Å². The molecule has 48 heavy (non-hydrogen) atoms. The zero-order chi connectivity index (χ0) is 31.9. The molecule has 2 nitrogen and oxygen atoms in total. The third kappa shape index (κ3) is 4.92. The molecule has 0 saturated carbocycles. The fourth-order valence-electron chi connectivity index (χ4n) is 6.93. The van der Waals surface area contributed by atoms with Crippen LogP contribution in [0.4, 0.5) is 17.1 Å². The van der Waals surface area contributed by atoms with E-state index >= 15 is 0 Å². The molecular weight excluding hydrogens is 583 g/mol. The lowest BCUT2D eigenvalue weighted by Crippen LogP contribution is -2.12. The van der Waals surface area contributed by atoms with E-state index in [0.29, 0.717) is 0 Å². The van der Waals surface area contributed by atoms with Crippen molar-refractivity contribution in [1.29, 1.82) is 0 Å². The van der Waals surface area contributed by atoms with Crippen molar-refractivity contribution in [2.45, 2.75) is 0 Å². The first-order valence-corrected chi connectivity index (χ1v) is 16.3. The van der Waals surface area contributed by atoms with Crippen LogP contribution in [0.3, 0.4) is 0 Å². The highest BCUT2D eigenvalue weighted by molar-refractivity contribution is 6.15. The maximum atomic E-state index is 6.47. The summed E-state index contributed by atoms with van der Waals surface area (Å²) in [6.07, 6.45) is 0. The molecule has 9 aromatic rings.